The minimum atomic E-state index is -1.16. The number of ether oxygens (including phenoxy) is 1. The van der Waals surface area contributed by atoms with Crippen molar-refractivity contribution in [1.29, 1.82) is 0 Å². The lowest BCUT2D eigenvalue weighted by molar-refractivity contribution is -0.140. The van der Waals surface area contributed by atoms with Crippen molar-refractivity contribution in [3.63, 3.8) is 0 Å². The lowest BCUT2D eigenvalue weighted by Gasteiger charge is -2.24. The van der Waals surface area contributed by atoms with Crippen molar-refractivity contribution in [3.05, 3.63) is 53.7 Å². The van der Waals surface area contributed by atoms with Crippen LogP contribution in [-0.4, -0.2) is 47.3 Å². The van der Waals surface area contributed by atoms with Crippen molar-refractivity contribution < 1.29 is 28.3 Å². The molecule has 0 aliphatic carbocycles. The maximum Gasteiger partial charge on any atom is 0.408 e. The Morgan fingerprint density at radius 2 is 2.00 bits per heavy atom. The van der Waals surface area contributed by atoms with Crippen molar-refractivity contribution in [2.24, 2.45) is 5.92 Å². The Morgan fingerprint density at radius 1 is 1.25 bits per heavy atom. The molecule has 32 heavy (non-hydrogen) atoms. The number of nitrogens with one attached hydrogen (secondary N) is 3. The van der Waals surface area contributed by atoms with Gasteiger partial charge in [0.2, 0.25) is 11.7 Å². The number of carbonyl (C=O) groups is 4. The highest BCUT2D eigenvalue weighted by atomic mass is 16.5. The van der Waals surface area contributed by atoms with Crippen LogP contribution in [0.1, 0.15) is 31.1 Å². The zero-order valence-corrected chi connectivity index (χ0v) is 17.9. The summed E-state index contributed by atoms with van der Waals surface area (Å²) in [5, 5.41) is 7.59. The summed E-state index contributed by atoms with van der Waals surface area (Å²) in [5.41, 5.74) is 0.803. The first-order valence-electron chi connectivity index (χ1n) is 10.4. The quantitative estimate of drug-likeness (QED) is 0.565. The summed E-state index contributed by atoms with van der Waals surface area (Å²) in [4.78, 5) is 54.0. The maximum atomic E-state index is 12.9. The molecule has 10 nitrogen and oxygen atoms in total. The molecule has 0 saturated heterocycles. The second-order valence-corrected chi connectivity index (χ2v) is 7.78. The van der Waals surface area contributed by atoms with Crippen LogP contribution >= 0.6 is 0 Å². The van der Waals surface area contributed by atoms with Crippen LogP contribution in [0.5, 0.6) is 0 Å². The number of amides is 3. The molecule has 0 fully saturated rings. The monoisotopic (exact) mass is 442 g/mol. The number of fused-ring (bicyclic) bond motifs is 2. The molecule has 2 bridgehead atoms. The highest BCUT2D eigenvalue weighted by Crippen LogP contribution is 2.11. The lowest BCUT2D eigenvalue weighted by atomic mass is 10.0. The molecule has 3 amide bonds. The van der Waals surface area contributed by atoms with Gasteiger partial charge in [0.1, 0.15) is 24.5 Å². The fourth-order valence-electron chi connectivity index (χ4n) is 3.18. The number of hydrogen-bond acceptors (Lipinski definition) is 7. The van der Waals surface area contributed by atoms with Crippen molar-refractivity contribution in [1.82, 2.24) is 20.9 Å². The molecular weight excluding hydrogens is 416 g/mol. The van der Waals surface area contributed by atoms with Crippen molar-refractivity contribution >= 4 is 23.7 Å². The standard InChI is InChI=1S/C22H26N4O6/c1-13(2)18(26-22(30)31-12-14-6-4-3-5-7-14)20(28)25-16-10-15-11-24-17(32-15)8-9-23-21(29)19(16)27/h3-7,11,13,16,18H,8-10,12H2,1-2H3,(H,23,29)(H,25,28)(H,26,30). The van der Waals surface area contributed by atoms with E-state index in [-0.39, 0.29) is 25.5 Å². The zero-order chi connectivity index (χ0) is 23.1. The van der Waals surface area contributed by atoms with Crippen LogP contribution in [0.3, 0.4) is 0 Å². The SMILES string of the molecule is CC(C)C(NC(=O)OCc1ccccc1)C(=O)NC1Cc2cnc(o2)CCNC(=O)C1=O. The third-order valence-corrected chi connectivity index (χ3v) is 4.92. The first-order valence-corrected chi connectivity index (χ1v) is 10.4. The Morgan fingerprint density at radius 3 is 2.72 bits per heavy atom. The second kappa shape index (κ2) is 10.6. The summed E-state index contributed by atoms with van der Waals surface area (Å²) in [5.74, 6) is -1.70. The summed E-state index contributed by atoms with van der Waals surface area (Å²) in [6.45, 7) is 3.72. The molecule has 1 aliphatic rings. The Labute approximate surface area is 185 Å². The van der Waals surface area contributed by atoms with Gasteiger partial charge >= 0.3 is 6.09 Å². The molecule has 2 unspecified atom stereocenters. The predicted octanol–water partition coefficient (Wildman–Crippen LogP) is 0.894. The second-order valence-electron chi connectivity index (χ2n) is 7.78. The fourth-order valence-corrected chi connectivity index (χ4v) is 3.18. The molecule has 1 aromatic carbocycles. The number of rotatable bonds is 6. The van der Waals surface area contributed by atoms with Gasteiger partial charge in [-0.1, -0.05) is 44.2 Å². The van der Waals surface area contributed by atoms with E-state index in [0.29, 0.717) is 18.1 Å². The van der Waals surface area contributed by atoms with Gasteiger partial charge in [0, 0.05) is 19.4 Å². The highest BCUT2D eigenvalue weighted by Gasteiger charge is 2.33. The maximum absolute atomic E-state index is 12.9. The minimum Gasteiger partial charge on any atom is -0.446 e. The van der Waals surface area contributed by atoms with Gasteiger partial charge in [-0.15, -0.1) is 0 Å². The van der Waals surface area contributed by atoms with Crippen molar-refractivity contribution in [2.45, 2.75) is 45.4 Å². The number of oxazole rings is 1. The van der Waals surface area contributed by atoms with Crippen molar-refractivity contribution in [3.8, 4) is 0 Å². The van der Waals surface area contributed by atoms with Crippen LogP contribution in [0.4, 0.5) is 4.79 Å². The third kappa shape index (κ3) is 6.16. The molecule has 10 heteroatoms. The van der Waals surface area contributed by atoms with Gasteiger partial charge in [0.05, 0.1) is 6.20 Å². The number of benzene rings is 1. The van der Waals surface area contributed by atoms with E-state index in [9.17, 15) is 19.2 Å². The average molecular weight is 442 g/mol. The third-order valence-electron chi connectivity index (χ3n) is 4.92. The molecule has 2 atom stereocenters. The minimum absolute atomic E-state index is 0.0335. The van der Waals surface area contributed by atoms with Crippen LogP contribution < -0.4 is 16.0 Å². The number of ketones is 1. The van der Waals surface area contributed by atoms with Gasteiger partial charge in [-0.05, 0) is 11.5 Å². The van der Waals surface area contributed by atoms with Gasteiger partial charge in [-0.3, -0.25) is 14.4 Å². The Kier molecular flexibility index (Phi) is 7.58. The molecular formula is C22H26N4O6. The number of alkyl carbamates (subject to hydrolysis) is 1. The number of hydrogen-bond donors (Lipinski definition) is 3. The molecule has 3 rings (SSSR count). The van der Waals surface area contributed by atoms with Crippen LogP contribution in [0, 0.1) is 5.92 Å². The van der Waals surface area contributed by atoms with Gasteiger partial charge < -0.3 is 25.1 Å². The first-order chi connectivity index (χ1) is 15.3. The molecule has 170 valence electrons. The molecule has 3 N–H and O–H groups in total. The molecule has 1 aromatic heterocycles. The highest BCUT2D eigenvalue weighted by molar-refractivity contribution is 6.38. The van der Waals surface area contributed by atoms with Gasteiger partial charge in [0.15, 0.2) is 5.89 Å². The van der Waals surface area contributed by atoms with E-state index >= 15 is 0 Å². The number of Topliss-reactive ketones (excluding diaryl/α,β-unsaturated/α-hetero) is 1. The Balaban J connectivity index is 1.65. The summed E-state index contributed by atoms with van der Waals surface area (Å²) in [7, 11) is 0. The topological polar surface area (TPSA) is 140 Å². The Hall–Kier alpha value is -3.69. The smallest absolute Gasteiger partial charge is 0.408 e. The largest absolute Gasteiger partial charge is 0.446 e. The molecule has 0 radical (unpaired) electrons. The first kappa shape index (κ1) is 23.0. The van der Waals surface area contributed by atoms with Gasteiger partial charge in [0.25, 0.3) is 5.91 Å². The van der Waals surface area contributed by atoms with E-state index in [1.807, 2.05) is 30.3 Å². The summed E-state index contributed by atoms with van der Waals surface area (Å²) < 4.78 is 10.7. The van der Waals surface area contributed by atoms with E-state index < -0.39 is 35.8 Å². The molecule has 2 heterocycles. The average Bonchev–Trinajstić information content (AvgIpc) is 3.21. The molecule has 2 aromatic rings. The number of aromatic nitrogens is 1. The van der Waals surface area contributed by atoms with E-state index in [2.05, 4.69) is 20.9 Å². The van der Waals surface area contributed by atoms with Crippen LogP contribution in [0.2, 0.25) is 0 Å². The number of carbonyl (C=O) groups excluding carboxylic acids is 4. The molecule has 0 saturated carbocycles. The number of nitrogens with zero attached hydrogens (tertiary/aromatic N) is 1. The Bertz CT molecular complexity index is 972. The fraction of sp³-hybridized carbons (Fsp3) is 0.409. The van der Waals surface area contributed by atoms with Crippen LogP contribution in [0.15, 0.2) is 40.9 Å². The summed E-state index contributed by atoms with van der Waals surface area (Å²) in [6.07, 6.45) is 1.03. The van der Waals surface area contributed by atoms with Gasteiger partial charge in [-0.25, -0.2) is 9.78 Å². The van der Waals surface area contributed by atoms with Crippen molar-refractivity contribution in [2.75, 3.05) is 6.54 Å². The molecule has 1 aliphatic heterocycles. The predicted molar refractivity (Wildman–Crippen MR) is 112 cm³/mol. The van der Waals surface area contributed by atoms with E-state index in [1.165, 1.54) is 6.20 Å². The molecule has 0 spiro atoms. The summed E-state index contributed by atoms with van der Waals surface area (Å²) in [6, 6.07) is 6.98. The van der Waals surface area contributed by atoms with Gasteiger partial charge in [-0.2, -0.15) is 0 Å². The van der Waals surface area contributed by atoms with Crippen LogP contribution in [0.25, 0.3) is 0 Å². The lowest BCUT2D eigenvalue weighted by Crippen LogP contribution is -2.56. The zero-order valence-electron chi connectivity index (χ0n) is 17.9. The van der Waals surface area contributed by atoms with E-state index in [0.717, 1.165) is 5.56 Å². The van der Waals surface area contributed by atoms with Crippen LogP contribution in [-0.2, 0) is 38.6 Å². The normalized spacial score (nSPS) is 17.3. The van der Waals surface area contributed by atoms with E-state index in [1.54, 1.807) is 13.8 Å². The van der Waals surface area contributed by atoms with E-state index in [4.69, 9.17) is 9.15 Å². The summed E-state index contributed by atoms with van der Waals surface area (Å²) >= 11 is 0.